The number of rotatable bonds is 3. The SMILES string of the molecule is OC1=C(O)C2=C(c3c(O)c(O)c(-c4c5ccccc5c(-c5c(O)c(O)c6c(O)c(O)c(O)c(O)c6c5O)c5ccccc45)c(O)c3O)C(O)=C(O)C(O)C2=C(O)O1. The molecular formula is C39H26O18. The van der Waals surface area contributed by atoms with Crippen LogP contribution in [0.15, 0.2) is 88.8 Å². The molecule has 17 N–H and O–H groups in total. The van der Waals surface area contributed by atoms with Crippen molar-refractivity contribution in [3.05, 3.63) is 94.4 Å². The number of hydrogen-bond acceptors (Lipinski definition) is 18. The molecule has 0 bridgehead atoms. The Balaban J connectivity index is 1.50. The fourth-order valence-electron chi connectivity index (χ4n) is 7.51. The summed E-state index contributed by atoms with van der Waals surface area (Å²) in [5.41, 5.74) is -5.38. The third-order valence-electron chi connectivity index (χ3n) is 10.0. The van der Waals surface area contributed by atoms with Gasteiger partial charge >= 0.3 is 5.95 Å². The van der Waals surface area contributed by atoms with Crippen LogP contribution in [-0.4, -0.2) is 92.9 Å². The van der Waals surface area contributed by atoms with E-state index < -0.39 is 143 Å². The standard InChI is InChI=1S/C39H26O18/c40-23-17(25(42)30(47)21-20(23)31(48)36(53)37(54)32(21)49)13-9-5-1-3-7-11(9)14(12-8-4-2-6-10(12)13)18-26(43)28(45)19(29(46)27(18)44)15-16-22(33(50)35(52)24(15)41)38(55)57-39(56)34(16)51/h1-8,33,40-56H. The highest BCUT2D eigenvalue weighted by Gasteiger charge is 2.44. The average molecular weight is 783 g/mol. The predicted octanol–water partition coefficient (Wildman–Crippen LogP) is 5.78. The van der Waals surface area contributed by atoms with Crippen LogP contribution in [-0.2, 0) is 4.74 Å². The summed E-state index contributed by atoms with van der Waals surface area (Å²) >= 11 is 0. The molecule has 0 amide bonds. The molecule has 1 unspecified atom stereocenters. The molecule has 290 valence electrons. The third kappa shape index (κ3) is 4.43. The summed E-state index contributed by atoms with van der Waals surface area (Å²) in [5.74, 6) is -19.9. The molecular weight excluding hydrogens is 756 g/mol. The van der Waals surface area contributed by atoms with Crippen molar-refractivity contribution in [2.75, 3.05) is 0 Å². The van der Waals surface area contributed by atoms with Gasteiger partial charge in [0.25, 0.3) is 5.95 Å². The molecule has 6 aromatic carbocycles. The van der Waals surface area contributed by atoms with Gasteiger partial charge in [-0.25, -0.2) is 0 Å². The van der Waals surface area contributed by atoms with Gasteiger partial charge in [-0.05, 0) is 21.5 Å². The quantitative estimate of drug-likeness (QED) is 0.0574. The summed E-state index contributed by atoms with van der Waals surface area (Å²) in [6.45, 7) is 0. The van der Waals surface area contributed by atoms with Gasteiger partial charge in [-0.3, -0.25) is 0 Å². The number of aliphatic hydroxyl groups is 6. The molecule has 0 saturated heterocycles. The number of allylic oxidation sites excluding steroid dienone is 2. The Morgan fingerprint density at radius 1 is 0.351 bits per heavy atom. The summed E-state index contributed by atoms with van der Waals surface area (Å²) in [5, 5.41) is 184. The van der Waals surface area contributed by atoms with Crippen molar-refractivity contribution in [2.24, 2.45) is 0 Å². The number of phenolic OH excluding ortho intramolecular Hbond substituents is 11. The largest absolute Gasteiger partial charge is 0.506 e. The summed E-state index contributed by atoms with van der Waals surface area (Å²) in [7, 11) is 0. The zero-order valence-electron chi connectivity index (χ0n) is 28.2. The maximum absolute atomic E-state index is 11.7. The van der Waals surface area contributed by atoms with Crippen LogP contribution >= 0.6 is 0 Å². The van der Waals surface area contributed by atoms with E-state index in [0.717, 1.165) is 0 Å². The lowest BCUT2D eigenvalue weighted by Gasteiger charge is -2.30. The van der Waals surface area contributed by atoms with Crippen molar-refractivity contribution in [3.63, 3.8) is 0 Å². The number of aliphatic hydroxyl groups excluding tert-OH is 6. The molecule has 18 nitrogen and oxygen atoms in total. The molecule has 0 spiro atoms. The second-order valence-electron chi connectivity index (χ2n) is 12.9. The Labute approximate surface area is 315 Å². The smallest absolute Gasteiger partial charge is 0.329 e. The van der Waals surface area contributed by atoms with E-state index in [1.165, 1.54) is 48.5 Å². The molecule has 1 aliphatic heterocycles. The first-order chi connectivity index (χ1) is 26.9. The first-order valence-electron chi connectivity index (χ1n) is 16.2. The van der Waals surface area contributed by atoms with Crippen LogP contribution in [0.3, 0.4) is 0 Å². The molecule has 8 rings (SSSR count). The topological polar surface area (TPSA) is 353 Å². The van der Waals surface area contributed by atoms with Gasteiger partial charge in [0.05, 0.1) is 33.0 Å². The molecule has 57 heavy (non-hydrogen) atoms. The highest BCUT2D eigenvalue weighted by molar-refractivity contribution is 6.25. The van der Waals surface area contributed by atoms with Gasteiger partial charge in [0.2, 0.25) is 17.3 Å². The number of phenols is 11. The van der Waals surface area contributed by atoms with Crippen molar-refractivity contribution >= 4 is 37.9 Å². The zero-order valence-corrected chi connectivity index (χ0v) is 28.2. The molecule has 6 aromatic rings. The summed E-state index contributed by atoms with van der Waals surface area (Å²) in [6.07, 6.45) is -2.29. The predicted molar refractivity (Wildman–Crippen MR) is 196 cm³/mol. The van der Waals surface area contributed by atoms with Crippen molar-refractivity contribution in [1.82, 2.24) is 0 Å². The molecule has 1 atom stereocenters. The second-order valence-corrected chi connectivity index (χ2v) is 12.9. The lowest BCUT2D eigenvalue weighted by Crippen LogP contribution is -2.28. The van der Waals surface area contributed by atoms with Gasteiger partial charge in [-0.2, -0.15) is 0 Å². The van der Waals surface area contributed by atoms with Crippen LogP contribution in [0.1, 0.15) is 5.56 Å². The maximum Gasteiger partial charge on any atom is 0.329 e. The van der Waals surface area contributed by atoms with Crippen LogP contribution in [0.4, 0.5) is 0 Å². The zero-order chi connectivity index (χ0) is 41.3. The van der Waals surface area contributed by atoms with Crippen LogP contribution in [0.5, 0.6) is 63.2 Å². The van der Waals surface area contributed by atoms with Crippen LogP contribution < -0.4 is 0 Å². The lowest BCUT2D eigenvalue weighted by molar-refractivity contribution is 0.0376. The Kier molecular flexibility index (Phi) is 7.38. The first-order valence-corrected chi connectivity index (χ1v) is 16.2. The molecule has 1 heterocycles. The lowest BCUT2D eigenvalue weighted by atomic mass is 9.80. The highest BCUT2D eigenvalue weighted by Crippen LogP contribution is 2.63. The summed E-state index contributed by atoms with van der Waals surface area (Å²) in [4.78, 5) is 0. The van der Waals surface area contributed by atoms with E-state index in [-0.39, 0.29) is 32.7 Å². The van der Waals surface area contributed by atoms with Gasteiger partial charge in [0.15, 0.2) is 57.5 Å². The van der Waals surface area contributed by atoms with Gasteiger partial charge in [-0.1, -0.05) is 48.5 Å². The Bertz CT molecular complexity index is 2920. The first kappa shape index (κ1) is 35.6. The third-order valence-corrected chi connectivity index (χ3v) is 10.0. The molecule has 18 heteroatoms. The number of fused-ring (bicyclic) bond motifs is 4. The molecule has 0 saturated carbocycles. The number of benzene rings is 6. The van der Waals surface area contributed by atoms with Crippen LogP contribution in [0, 0.1) is 0 Å². The van der Waals surface area contributed by atoms with Crippen LogP contribution in [0.2, 0.25) is 0 Å². The fourth-order valence-corrected chi connectivity index (χ4v) is 7.51. The molecule has 0 aromatic heterocycles. The van der Waals surface area contributed by atoms with E-state index in [0.29, 0.717) is 0 Å². The van der Waals surface area contributed by atoms with Crippen molar-refractivity contribution in [2.45, 2.75) is 6.10 Å². The van der Waals surface area contributed by atoms with Gasteiger partial charge in [0, 0.05) is 22.3 Å². The molecule has 1 aliphatic carbocycles. The van der Waals surface area contributed by atoms with E-state index in [9.17, 15) is 86.8 Å². The van der Waals surface area contributed by atoms with E-state index >= 15 is 0 Å². The molecule has 2 aliphatic rings. The minimum absolute atomic E-state index is 0.0376. The Morgan fingerprint density at radius 3 is 1.18 bits per heavy atom. The number of aromatic hydroxyl groups is 11. The number of ether oxygens (including phenoxy) is 1. The van der Waals surface area contributed by atoms with E-state index in [1.807, 2.05) is 0 Å². The van der Waals surface area contributed by atoms with E-state index in [2.05, 4.69) is 4.74 Å². The average Bonchev–Trinajstić information content (AvgIpc) is 3.19. The summed E-state index contributed by atoms with van der Waals surface area (Å²) < 4.78 is 4.57. The van der Waals surface area contributed by atoms with Crippen molar-refractivity contribution < 1.29 is 91.5 Å². The van der Waals surface area contributed by atoms with Gasteiger partial charge < -0.3 is 91.5 Å². The Hall–Kier alpha value is -8.38. The minimum atomic E-state index is -2.29. The second kappa shape index (κ2) is 11.8. The van der Waals surface area contributed by atoms with E-state index in [1.54, 1.807) is 0 Å². The minimum Gasteiger partial charge on any atom is -0.506 e. The van der Waals surface area contributed by atoms with Crippen molar-refractivity contribution in [1.29, 1.82) is 0 Å². The van der Waals surface area contributed by atoms with Crippen LogP contribution in [0.25, 0.3) is 60.1 Å². The maximum atomic E-state index is 11.7. The van der Waals surface area contributed by atoms with Gasteiger partial charge in [-0.15, -0.1) is 0 Å². The fraction of sp³-hybridized carbons (Fsp3) is 0.0256. The highest BCUT2D eigenvalue weighted by atomic mass is 16.7. The van der Waals surface area contributed by atoms with Gasteiger partial charge in [0.1, 0.15) is 11.9 Å². The monoisotopic (exact) mass is 782 g/mol. The normalized spacial score (nSPS) is 15.9. The summed E-state index contributed by atoms with van der Waals surface area (Å²) in [6, 6.07) is 11.6. The number of hydrogen-bond donors (Lipinski definition) is 17. The van der Waals surface area contributed by atoms with E-state index in [4.69, 9.17) is 0 Å². The van der Waals surface area contributed by atoms with Crippen molar-refractivity contribution in [3.8, 4) is 85.5 Å². The molecule has 0 fully saturated rings. The molecule has 0 radical (unpaired) electrons. The Morgan fingerprint density at radius 2 is 0.719 bits per heavy atom.